The van der Waals surface area contributed by atoms with Gasteiger partial charge in [0.25, 0.3) is 0 Å². The largest absolute Gasteiger partial charge is 0.385 e. The summed E-state index contributed by atoms with van der Waals surface area (Å²) in [6.45, 7) is 5.42. The smallest absolute Gasteiger partial charge is 0.150 e. The average Bonchev–Trinajstić information content (AvgIpc) is 2.45. The fourth-order valence-electron chi connectivity index (χ4n) is 2.60. The first-order chi connectivity index (χ1) is 9.13. The number of allylic oxidation sites excluding steroid dienone is 2. The van der Waals surface area contributed by atoms with Crippen LogP contribution in [0.5, 0.6) is 0 Å². The molecule has 19 heavy (non-hydrogen) atoms. The predicted molar refractivity (Wildman–Crippen MR) is 70.9 cm³/mol. The number of ether oxygens (including phenoxy) is 2. The van der Waals surface area contributed by atoms with E-state index < -0.39 is 11.7 Å². The molecule has 0 aromatic carbocycles. The molecule has 2 rings (SSSR count). The molecule has 1 aliphatic carbocycles. The molecule has 106 valence electrons. The number of carbonyl (C=O) groups is 1. The number of aliphatic hydroxyl groups is 1. The molecule has 5 nitrogen and oxygen atoms in total. The van der Waals surface area contributed by atoms with Crippen LogP contribution in [0, 0.1) is 0 Å². The van der Waals surface area contributed by atoms with Crippen molar-refractivity contribution >= 4 is 6.29 Å². The Labute approximate surface area is 113 Å². The summed E-state index contributed by atoms with van der Waals surface area (Å²) >= 11 is 0. The average molecular weight is 267 g/mol. The van der Waals surface area contributed by atoms with Gasteiger partial charge in [-0.1, -0.05) is 6.08 Å². The Kier molecular flexibility index (Phi) is 4.52. The van der Waals surface area contributed by atoms with E-state index in [-0.39, 0.29) is 0 Å². The second-order valence-electron chi connectivity index (χ2n) is 5.04. The Morgan fingerprint density at radius 1 is 1.58 bits per heavy atom. The maximum atomic E-state index is 10.9. The van der Waals surface area contributed by atoms with E-state index in [1.165, 1.54) is 0 Å². The number of nitrogens with zero attached hydrogens (tertiary/aromatic N) is 1. The first kappa shape index (κ1) is 14.4. The van der Waals surface area contributed by atoms with Crippen molar-refractivity contribution in [3.05, 3.63) is 23.3 Å². The Balaban J connectivity index is 2.17. The zero-order valence-electron chi connectivity index (χ0n) is 11.5. The van der Waals surface area contributed by atoms with Crippen LogP contribution in [0.4, 0.5) is 0 Å². The van der Waals surface area contributed by atoms with E-state index in [0.29, 0.717) is 30.9 Å². The summed E-state index contributed by atoms with van der Waals surface area (Å²) in [5.41, 5.74) is 0.406. The molecule has 2 unspecified atom stereocenters. The zero-order chi connectivity index (χ0) is 13.9. The van der Waals surface area contributed by atoms with Crippen LogP contribution < -0.4 is 0 Å². The molecule has 1 aliphatic heterocycles. The van der Waals surface area contributed by atoms with Crippen molar-refractivity contribution in [1.29, 1.82) is 0 Å². The molecule has 0 saturated carbocycles. The van der Waals surface area contributed by atoms with E-state index in [1.807, 2.05) is 0 Å². The summed E-state index contributed by atoms with van der Waals surface area (Å²) in [6.07, 6.45) is 3.50. The van der Waals surface area contributed by atoms with Gasteiger partial charge < -0.3 is 14.6 Å². The monoisotopic (exact) mass is 267 g/mol. The fourth-order valence-corrected chi connectivity index (χ4v) is 2.60. The minimum atomic E-state index is -0.800. The summed E-state index contributed by atoms with van der Waals surface area (Å²) in [4.78, 5) is 13.1. The Morgan fingerprint density at radius 3 is 2.84 bits per heavy atom. The molecule has 0 spiro atoms. The maximum absolute atomic E-state index is 10.9. The first-order valence-corrected chi connectivity index (χ1v) is 6.51. The van der Waals surface area contributed by atoms with Gasteiger partial charge in [0.2, 0.25) is 0 Å². The van der Waals surface area contributed by atoms with Gasteiger partial charge in [-0.15, -0.1) is 0 Å². The summed E-state index contributed by atoms with van der Waals surface area (Å²) in [6, 6.07) is 0. The molecule has 1 saturated heterocycles. The number of hydrogen-bond acceptors (Lipinski definition) is 5. The van der Waals surface area contributed by atoms with Crippen molar-refractivity contribution in [2.24, 2.45) is 0 Å². The van der Waals surface area contributed by atoms with Crippen LogP contribution in [0.2, 0.25) is 0 Å². The highest BCUT2D eigenvalue weighted by Crippen LogP contribution is 2.30. The standard InChI is InChI=1S/C14H21NO4/c1-11-12(9-16)3-4-14(18-2,13(11)17)10-15-5-7-19-8-6-15/h3-4,9,13,17H,5-8,10H2,1-2H3. The SMILES string of the molecule is COC1(CN2CCOCC2)C=CC(C=O)=C(C)C1O. The van der Waals surface area contributed by atoms with Gasteiger partial charge in [-0.25, -0.2) is 0 Å². The van der Waals surface area contributed by atoms with E-state index in [0.717, 1.165) is 19.4 Å². The predicted octanol–water partition coefficient (Wildman–Crippen LogP) is 0.150. The van der Waals surface area contributed by atoms with Crippen molar-refractivity contribution in [2.75, 3.05) is 40.0 Å². The highest BCUT2D eigenvalue weighted by Gasteiger charge is 2.41. The van der Waals surface area contributed by atoms with E-state index in [2.05, 4.69) is 4.90 Å². The van der Waals surface area contributed by atoms with E-state index >= 15 is 0 Å². The number of carbonyl (C=O) groups excluding carboxylic acids is 1. The third-order valence-electron chi connectivity index (χ3n) is 3.95. The summed E-state index contributed by atoms with van der Waals surface area (Å²) in [5.74, 6) is 0. The molecule has 1 N–H and O–H groups in total. The van der Waals surface area contributed by atoms with Gasteiger partial charge >= 0.3 is 0 Å². The molecule has 1 fully saturated rings. The van der Waals surface area contributed by atoms with Crippen molar-refractivity contribution in [1.82, 2.24) is 4.90 Å². The van der Waals surface area contributed by atoms with Crippen molar-refractivity contribution in [3.8, 4) is 0 Å². The molecule has 0 aromatic rings. The molecule has 2 aliphatic rings. The number of methoxy groups -OCH3 is 1. The Bertz CT molecular complexity index is 398. The molecule has 0 bridgehead atoms. The molecule has 1 heterocycles. The molecule has 0 aromatic heterocycles. The second-order valence-corrected chi connectivity index (χ2v) is 5.04. The lowest BCUT2D eigenvalue weighted by Gasteiger charge is -2.41. The van der Waals surface area contributed by atoms with Crippen molar-refractivity contribution < 1.29 is 19.4 Å². The lowest BCUT2D eigenvalue weighted by atomic mass is 9.83. The number of rotatable bonds is 4. The van der Waals surface area contributed by atoms with Crippen LogP contribution in [0.25, 0.3) is 0 Å². The quantitative estimate of drug-likeness (QED) is 0.735. The number of hydrogen-bond donors (Lipinski definition) is 1. The Hall–Kier alpha value is -1.01. The van der Waals surface area contributed by atoms with Crippen LogP contribution in [-0.4, -0.2) is 68.0 Å². The maximum Gasteiger partial charge on any atom is 0.150 e. The van der Waals surface area contributed by atoms with E-state index in [4.69, 9.17) is 9.47 Å². The second kappa shape index (κ2) is 5.96. The van der Waals surface area contributed by atoms with E-state index in [9.17, 15) is 9.90 Å². The van der Waals surface area contributed by atoms with Gasteiger partial charge in [-0.3, -0.25) is 9.69 Å². The fraction of sp³-hybridized carbons (Fsp3) is 0.643. The van der Waals surface area contributed by atoms with Crippen LogP contribution in [0.3, 0.4) is 0 Å². The summed E-state index contributed by atoms with van der Waals surface area (Å²) < 4.78 is 10.9. The molecule has 0 radical (unpaired) electrons. The van der Waals surface area contributed by atoms with Crippen molar-refractivity contribution in [2.45, 2.75) is 18.6 Å². The van der Waals surface area contributed by atoms with Gasteiger partial charge in [0.05, 0.1) is 13.2 Å². The minimum Gasteiger partial charge on any atom is -0.385 e. The molecular formula is C14H21NO4. The highest BCUT2D eigenvalue weighted by atomic mass is 16.5. The lowest BCUT2D eigenvalue weighted by Crippen LogP contribution is -2.55. The highest BCUT2D eigenvalue weighted by molar-refractivity contribution is 5.80. The topological polar surface area (TPSA) is 59.0 Å². The third-order valence-corrected chi connectivity index (χ3v) is 3.95. The lowest BCUT2D eigenvalue weighted by molar-refractivity contribution is -0.105. The van der Waals surface area contributed by atoms with Crippen LogP contribution in [0.15, 0.2) is 23.3 Å². The number of morpholine rings is 1. The third kappa shape index (κ3) is 2.79. The number of aliphatic hydroxyl groups excluding tert-OH is 1. The molecular weight excluding hydrogens is 246 g/mol. The minimum absolute atomic E-state index is 0.530. The van der Waals surface area contributed by atoms with Gasteiger partial charge in [-0.05, 0) is 18.6 Å². The van der Waals surface area contributed by atoms with Gasteiger partial charge in [0.1, 0.15) is 18.0 Å². The summed E-state index contributed by atoms with van der Waals surface area (Å²) in [7, 11) is 1.59. The van der Waals surface area contributed by atoms with E-state index in [1.54, 1.807) is 26.2 Å². The van der Waals surface area contributed by atoms with Crippen LogP contribution >= 0.6 is 0 Å². The van der Waals surface area contributed by atoms with Crippen LogP contribution in [-0.2, 0) is 14.3 Å². The zero-order valence-corrected chi connectivity index (χ0v) is 11.5. The molecule has 5 heteroatoms. The van der Waals surface area contributed by atoms with Gasteiger partial charge in [-0.2, -0.15) is 0 Å². The summed E-state index contributed by atoms with van der Waals surface area (Å²) in [5, 5.41) is 10.5. The molecule has 2 atom stereocenters. The Morgan fingerprint density at radius 2 is 2.26 bits per heavy atom. The van der Waals surface area contributed by atoms with Crippen LogP contribution in [0.1, 0.15) is 6.92 Å². The van der Waals surface area contributed by atoms with Gasteiger partial charge in [0.15, 0.2) is 0 Å². The normalized spacial score (nSPS) is 32.7. The van der Waals surface area contributed by atoms with Crippen molar-refractivity contribution in [3.63, 3.8) is 0 Å². The van der Waals surface area contributed by atoms with Gasteiger partial charge in [0, 0.05) is 32.3 Å². The first-order valence-electron chi connectivity index (χ1n) is 6.51. The molecule has 0 amide bonds. The number of aldehydes is 1.